The summed E-state index contributed by atoms with van der Waals surface area (Å²) in [7, 11) is 0. The van der Waals surface area contributed by atoms with E-state index in [1.165, 1.54) is 0 Å². The normalized spacial score (nSPS) is 20.8. The van der Waals surface area contributed by atoms with Gasteiger partial charge in [-0.3, -0.25) is 4.79 Å². The first kappa shape index (κ1) is 12.4. The number of hydrogen-bond donors (Lipinski definition) is 1. The third kappa shape index (κ3) is 2.60. The fourth-order valence-corrected chi connectivity index (χ4v) is 2.01. The van der Waals surface area contributed by atoms with E-state index < -0.39 is 0 Å². The maximum absolute atomic E-state index is 11.8. The molecule has 1 aliphatic rings. The van der Waals surface area contributed by atoms with Gasteiger partial charge in [0.2, 0.25) is 0 Å². The first-order valence-electron chi connectivity index (χ1n) is 5.41. The van der Waals surface area contributed by atoms with Crippen LogP contribution in [-0.2, 0) is 9.53 Å². The Balaban J connectivity index is 2.30. The number of carbonyl (C=O) groups is 1. The number of aliphatic hydroxyl groups excluding tert-OH is 1. The number of halogens is 1. The molecule has 0 radical (unpaired) electrons. The molecule has 92 valence electrons. The molecule has 1 aromatic rings. The second-order valence-corrected chi connectivity index (χ2v) is 4.49. The van der Waals surface area contributed by atoms with Gasteiger partial charge in [0.05, 0.1) is 19.3 Å². The van der Waals surface area contributed by atoms with Crippen molar-refractivity contribution in [2.24, 2.45) is 0 Å². The summed E-state index contributed by atoms with van der Waals surface area (Å²) in [4.78, 5) is 13.4. The summed E-state index contributed by atoms with van der Waals surface area (Å²) in [6.07, 6.45) is -0.328. The Hall–Kier alpha value is -1.10. The SMILES string of the molecule is Cc1ccc(Cl)cc1N1CC(CO)OCC1=O. The molecule has 1 saturated heterocycles. The van der Waals surface area contributed by atoms with Crippen molar-refractivity contribution in [3.05, 3.63) is 28.8 Å². The van der Waals surface area contributed by atoms with Crippen LogP contribution in [0.3, 0.4) is 0 Å². The number of nitrogens with zero attached hydrogens (tertiary/aromatic N) is 1. The molecule has 0 bridgehead atoms. The predicted molar refractivity (Wildman–Crippen MR) is 65.4 cm³/mol. The topological polar surface area (TPSA) is 49.8 Å². The van der Waals surface area contributed by atoms with Gasteiger partial charge in [0.15, 0.2) is 0 Å². The van der Waals surface area contributed by atoms with Gasteiger partial charge in [-0.15, -0.1) is 0 Å². The molecule has 1 aliphatic heterocycles. The molecule has 1 fully saturated rings. The van der Waals surface area contributed by atoms with Crippen LogP contribution < -0.4 is 4.90 Å². The van der Waals surface area contributed by atoms with Gasteiger partial charge in [0.1, 0.15) is 6.61 Å². The van der Waals surface area contributed by atoms with Crippen LogP contribution >= 0.6 is 11.6 Å². The first-order chi connectivity index (χ1) is 8.11. The summed E-state index contributed by atoms with van der Waals surface area (Å²) in [6.45, 7) is 2.18. The lowest BCUT2D eigenvalue weighted by Gasteiger charge is -2.32. The van der Waals surface area contributed by atoms with Crippen molar-refractivity contribution in [2.75, 3.05) is 24.7 Å². The molecule has 1 N–H and O–H groups in total. The molecular weight excluding hydrogens is 242 g/mol. The van der Waals surface area contributed by atoms with Crippen molar-refractivity contribution in [2.45, 2.75) is 13.0 Å². The number of anilines is 1. The van der Waals surface area contributed by atoms with Gasteiger partial charge < -0.3 is 14.7 Å². The third-order valence-corrected chi connectivity index (χ3v) is 3.03. The molecule has 4 nitrogen and oxygen atoms in total. The standard InChI is InChI=1S/C12H14ClNO3/c1-8-2-3-9(13)4-11(8)14-5-10(6-15)17-7-12(14)16/h2-4,10,15H,5-7H2,1H3. The Morgan fingerprint density at radius 2 is 2.35 bits per heavy atom. The van der Waals surface area contributed by atoms with Crippen molar-refractivity contribution in [1.29, 1.82) is 0 Å². The van der Waals surface area contributed by atoms with Crippen LogP contribution in [-0.4, -0.2) is 36.9 Å². The maximum atomic E-state index is 11.8. The number of benzene rings is 1. The molecule has 5 heteroatoms. The van der Waals surface area contributed by atoms with E-state index in [0.717, 1.165) is 11.3 Å². The number of carbonyl (C=O) groups excluding carboxylic acids is 1. The summed E-state index contributed by atoms with van der Waals surface area (Å²) in [5.41, 5.74) is 1.76. The zero-order chi connectivity index (χ0) is 12.4. The smallest absolute Gasteiger partial charge is 0.253 e. The Morgan fingerprint density at radius 3 is 3.06 bits per heavy atom. The number of aliphatic hydroxyl groups is 1. The summed E-state index contributed by atoms with van der Waals surface area (Å²) in [5, 5.41) is 9.67. The molecule has 0 spiro atoms. The van der Waals surface area contributed by atoms with E-state index in [1.807, 2.05) is 13.0 Å². The molecule has 1 unspecified atom stereocenters. The number of hydrogen-bond acceptors (Lipinski definition) is 3. The lowest BCUT2D eigenvalue weighted by Crippen LogP contribution is -2.48. The van der Waals surface area contributed by atoms with Crippen LogP contribution in [0.1, 0.15) is 5.56 Å². The molecule has 2 rings (SSSR count). The van der Waals surface area contributed by atoms with Gasteiger partial charge in [-0.1, -0.05) is 17.7 Å². The Morgan fingerprint density at radius 1 is 1.59 bits per heavy atom. The first-order valence-corrected chi connectivity index (χ1v) is 5.78. The number of aryl methyl sites for hydroxylation is 1. The minimum absolute atomic E-state index is 0.00280. The quantitative estimate of drug-likeness (QED) is 0.869. The molecule has 17 heavy (non-hydrogen) atoms. The minimum atomic E-state index is -0.328. The highest BCUT2D eigenvalue weighted by Gasteiger charge is 2.27. The Labute approximate surface area is 105 Å². The van der Waals surface area contributed by atoms with E-state index in [-0.39, 0.29) is 25.2 Å². The van der Waals surface area contributed by atoms with Gasteiger partial charge in [-0.2, -0.15) is 0 Å². The lowest BCUT2D eigenvalue weighted by molar-refractivity contribution is -0.130. The molecule has 1 amide bonds. The molecule has 0 aromatic heterocycles. The van der Waals surface area contributed by atoms with Crippen molar-refractivity contribution in [3.8, 4) is 0 Å². The van der Waals surface area contributed by atoms with Crippen molar-refractivity contribution in [3.63, 3.8) is 0 Å². The van der Waals surface area contributed by atoms with E-state index in [2.05, 4.69) is 0 Å². The minimum Gasteiger partial charge on any atom is -0.394 e. The number of morpholine rings is 1. The zero-order valence-corrected chi connectivity index (χ0v) is 10.3. The maximum Gasteiger partial charge on any atom is 0.253 e. The highest BCUT2D eigenvalue weighted by molar-refractivity contribution is 6.31. The second kappa shape index (κ2) is 5.04. The Kier molecular flexibility index (Phi) is 3.66. The van der Waals surface area contributed by atoms with E-state index in [4.69, 9.17) is 21.4 Å². The highest BCUT2D eigenvalue weighted by atomic mass is 35.5. The average Bonchev–Trinajstić information content (AvgIpc) is 2.33. The van der Waals surface area contributed by atoms with Crippen LogP contribution in [0.4, 0.5) is 5.69 Å². The molecule has 1 aromatic carbocycles. The molecule has 0 aliphatic carbocycles. The molecule has 0 saturated carbocycles. The average molecular weight is 256 g/mol. The van der Waals surface area contributed by atoms with Gasteiger partial charge in [0.25, 0.3) is 5.91 Å². The number of rotatable bonds is 2. The van der Waals surface area contributed by atoms with Crippen LogP contribution in [0.2, 0.25) is 5.02 Å². The molecule has 1 atom stereocenters. The van der Waals surface area contributed by atoms with Crippen LogP contribution in [0.15, 0.2) is 18.2 Å². The fourth-order valence-electron chi connectivity index (χ4n) is 1.84. The van der Waals surface area contributed by atoms with Gasteiger partial charge >= 0.3 is 0 Å². The van der Waals surface area contributed by atoms with E-state index in [9.17, 15) is 4.79 Å². The van der Waals surface area contributed by atoms with Crippen LogP contribution in [0.5, 0.6) is 0 Å². The lowest BCUT2D eigenvalue weighted by atomic mass is 10.1. The monoisotopic (exact) mass is 255 g/mol. The fraction of sp³-hybridized carbons (Fsp3) is 0.417. The number of amides is 1. The summed E-state index contributed by atoms with van der Waals surface area (Å²) in [6, 6.07) is 5.41. The summed E-state index contributed by atoms with van der Waals surface area (Å²) < 4.78 is 5.19. The van der Waals surface area contributed by atoms with E-state index in [1.54, 1.807) is 17.0 Å². The predicted octanol–water partition coefficient (Wildman–Crippen LogP) is 1.37. The summed E-state index contributed by atoms with van der Waals surface area (Å²) >= 11 is 5.94. The van der Waals surface area contributed by atoms with E-state index in [0.29, 0.717) is 11.6 Å². The van der Waals surface area contributed by atoms with Gasteiger partial charge in [-0.05, 0) is 24.6 Å². The van der Waals surface area contributed by atoms with Crippen molar-refractivity contribution >= 4 is 23.2 Å². The Bertz CT molecular complexity index is 436. The highest BCUT2D eigenvalue weighted by Crippen LogP contribution is 2.26. The zero-order valence-electron chi connectivity index (χ0n) is 9.52. The van der Waals surface area contributed by atoms with Crippen LogP contribution in [0.25, 0.3) is 0 Å². The summed E-state index contributed by atoms with van der Waals surface area (Å²) in [5.74, 6) is -0.111. The second-order valence-electron chi connectivity index (χ2n) is 4.05. The van der Waals surface area contributed by atoms with Crippen molar-refractivity contribution < 1.29 is 14.6 Å². The number of ether oxygens (including phenoxy) is 1. The molecular formula is C12H14ClNO3. The van der Waals surface area contributed by atoms with Crippen molar-refractivity contribution in [1.82, 2.24) is 0 Å². The van der Waals surface area contributed by atoms with E-state index >= 15 is 0 Å². The van der Waals surface area contributed by atoms with Gasteiger partial charge in [0, 0.05) is 10.7 Å². The van der Waals surface area contributed by atoms with Crippen LogP contribution in [0, 0.1) is 6.92 Å². The van der Waals surface area contributed by atoms with Gasteiger partial charge in [-0.25, -0.2) is 0 Å². The molecule has 1 heterocycles. The third-order valence-electron chi connectivity index (χ3n) is 2.80. The largest absolute Gasteiger partial charge is 0.394 e.